The normalized spacial score (nSPS) is 15.2. The molecular weight excluding hydrogens is 464 g/mol. The van der Waals surface area contributed by atoms with E-state index in [1.165, 1.54) is 24.3 Å². The van der Waals surface area contributed by atoms with E-state index >= 15 is 0 Å². The third-order valence-corrected chi connectivity index (χ3v) is 6.72. The first-order valence-corrected chi connectivity index (χ1v) is 11.8. The lowest BCUT2D eigenvalue weighted by atomic mass is 9.82. The van der Waals surface area contributed by atoms with E-state index in [0.717, 1.165) is 37.3 Å². The second-order valence-electron chi connectivity index (χ2n) is 8.87. The van der Waals surface area contributed by atoms with Crippen molar-refractivity contribution in [2.45, 2.75) is 5.92 Å². The van der Waals surface area contributed by atoms with Crippen LogP contribution in [-0.4, -0.2) is 23.6 Å². The highest BCUT2D eigenvalue weighted by molar-refractivity contribution is 6.28. The summed E-state index contributed by atoms with van der Waals surface area (Å²) in [5.74, 6) is -1.63. The molecule has 0 fully saturated rings. The van der Waals surface area contributed by atoms with Crippen LogP contribution in [0, 0.1) is 0 Å². The fraction of sp³-hybridized carbons (Fsp3) is 0.0323. The maximum atomic E-state index is 12.1. The van der Waals surface area contributed by atoms with Crippen LogP contribution in [0.1, 0.15) is 22.6 Å². The van der Waals surface area contributed by atoms with Crippen LogP contribution in [0.4, 0.5) is 11.4 Å². The van der Waals surface area contributed by atoms with E-state index in [-0.39, 0.29) is 29.5 Å². The van der Waals surface area contributed by atoms with Crippen LogP contribution < -0.4 is 9.80 Å². The van der Waals surface area contributed by atoms with Gasteiger partial charge in [0.25, 0.3) is 23.6 Å². The first-order valence-electron chi connectivity index (χ1n) is 11.8. The van der Waals surface area contributed by atoms with Gasteiger partial charge in [-0.15, -0.1) is 0 Å². The Morgan fingerprint density at radius 1 is 0.459 bits per heavy atom. The van der Waals surface area contributed by atoms with Crippen molar-refractivity contribution in [2.24, 2.45) is 0 Å². The first kappa shape index (κ1) is 22.4. The molecule has 0 saturated carbocycles. The molecule has 0 bridgehead atoms. The number of benzene rings is 4. The second kappa shape index (κ2) is 8.84. The highest BCUT2D eigenvalue weighted by Gasteiger charge is 2.27. The average Bonchev–Trinajstić information content (AvgIpc) is 3.44. The highest BCUT2D eigenvalue weighted by Crippen LogP contribution is 2.38. The largest absolute Gasteiger partial charge is 0.269 e. The molecule has 0 saturated heterocycles. The van der Waals surface area contributed by atoms with Gasteiger partial charge in [-0.25, -0.2) is 9.80 Å². The molecule has 2 heterocycles. The summed E-state index contributed by atoms with van der Waals surface area (Å²) >= 11 is 0. The first-order chi connectivity index (χ1) is 18.0. The molecule has 6 heteroatoms. The zero-order valence-corrected chi connectivity index (χ0v) is 19.6. The minimum Gasteiger partial charge on any atom is -0.269 e. The van der Waals surface area contributed by atoms with Crippen LogP contribution >= 0.6 is 0 Å². The molecule has 4 amide bonds. The summed E-state index contributed by atoms with van der Waals surface area (Å²) in [6, 6.07) is 29.1. The van der Waals surface area contributed by atoms with Gasteiger partial charge in [-0.05, 0) is 51.7 Å². The predicted octanol–water partition coefficient (Wildman–Crippen LogP) is 4.88. The molecule has 4 aromatic rings. The molecule has 0 N–H and O–H groups in total. The summed E-state index contributed by atoms with van der Waals surface area (Å²) in [6.07, 6.45) is 5.06. The number of carbonyl (C=O) groups is 4. The van der Waals surface area contributed by atoms with Crippen molar-refractivity contribution in [1.82, 2.24) is 0 Å². The van der Waals surface area contributed by atoms with E-state index in [1.54, 1.807) is 24.3 Å². The number of hydrogen-bond donors (Lipinski definition) is 0. The van der Waals surface area contributed by atoms with Gasteiger partial charge in [0, 0.05) is 30.2 Å². The van der Waals surface area contributed by atoms with Crippen LogP contribution in [0.2, 0.25) is 0 Å². The summed E-state index contributed by atoms with van der Waals surface area (Å²) in [6.45, 7) is 0. The van der Waals surface area contributed by atoms with Crippen molar-refractivity contribution >= 4 is 45.8 Å². The van der Waals surface area contributed by atoms with E-state index < -0.39 is 0 Å². The van der Waals surface area contributed by atoms with Gasteiger partial charge in [0.05, 0.1) is 11.4 Å². The molecule has 6 nitrogen and oxygen atoms in total. The zero-order chi connectivity index (χ0) is 25.5. The van der Waals surface area contributed by atoms with Gasteiger partial charge in [-0.1, -0.05) is 66.7 Å². The van der Waals surface area contributed by atoms with Crippen LogP contribution in [0.3, 0.4) is 0 Å². The maximum Gasteiger partial charge on any atom is 0.258 e. The molecule has 4 aromatic carbocycles. The van der Waals surface area contributed by atoms with Crippen molar-refractivity contribution in [2.75, 3.05) is 9.80 Å². The number of nitrogens with zero attached hydrogens (tertiary/aromatic N) is 2. The van der Waals surface area contributed by atoms with Crippen LogP contribution in [0.5, 0.6) is 0 Å². The van der Waals surface area contributed by atoms with Gasteiger partial charge < -0.3 is 0 Å². The molecule has 2 aliphatic heterocycles. The summed E-state index contributed by atoms with van der Waals surface area (Å²) in [5, 5.41) is 2.21. The van der Waals surface area contributed by atoms with E-state index in [1.807, 2.05) is 42.5 Å². The summed E-state index contributed by atoms with van der Waals surface area (Å²) in [4.78, 5) is 50.9. The number of hydrogen-bond acceptors (Lipinski definition) is 4. The number of anilines is 2. The van der Waals surface area contributed by atoms with Crippen LogP contribution in [-0.2, 0) is 19.2 Å². The van der Waals surface area contributed by atoms with Crippen molar-refractivity contribution in [3.63, 3.8) is 0 Å². The lowest BCUT2D eigenvalue weighted by molar-refractivity contribution is -0.121. The van der Waals surface area contributed by atoms with Crippen LogP contribution in [0.25, 0.3) is 10.8 Å². The van der Waals surface area contributed by atoms with E-state index in [0.29, 0.717) is 11.4 Å². The van der Waals surface area contributed by atoms with Crippen molar-refractivity contribution in [3.8, 4) is 0 Å². The summed E-state index contributed by atoms with van der Waals surface area (Å²) in [5.41, 5.74) is 4.04. The van der Waals surface area contributed by atoms with Gasteiger partial charge in [-0.3, -0.25) is 19.2 Å². The van der Waals surface area contributed by atoms with Crippen molar-refractivity contribution in [1.29, 1.82) is 0 Å². The van der Waals surface area contributed by atoms with Crippen molar-refractivity contribution < 1.29 is 19.2 Å². The Bertz CT molecular complexity index is 1520. The monoisotopic (exact) mass is 484 g/mol. The average molecular weight is 485 g/mol. The Labute approximate surface area is 212 Å². The molecule has 0 radical (unpaired) electrons. The topological polar surface area (TPSA) is 74.8 Å². The molecule has 0 aliphatic carbocycles. The SMILES string of the molecule is O=C1C=CC(=O)N1c1ccc(C(c2ccc(N3C(=O)C=CC3=O)cc2)c2cccc3ccccc23)cc1. The Morgan fingerprint density at radius 2 is 0.892 bits per heavy atom. The van der Waals surface area contributed by atoms with Gasteiger partial charge in [0.15, 0.2) is 0 Å². The second-order valence-corrected chi connectivity index (χ2v) is 8.87. The molecule has 0 unspecified atom stereocenters. The third-order valence-electron chi connectivity index (χ3n) is 6.72. The lowest BCUT2D eigenvalue weighted by Crippen LogP contribution is -2.29. The molecule has 0 spiro atoms. The van der Waals surface area contributed by atoms with E-state index in [2.05, 4.69) is 24.3 Å². The minimum absolute atomic E-state index is 0.180. The number of rotatable bonds is 5. The fourth-order valence-corrected chi connectivity index (χ4v) is 4.99. The molecule has 6 rings (SSSR count). The summed E-state index contributed by atoms with van der Waals surface area (Å²) in [7, 11) is 0. The molecule has 2 aliphatic rings. The lowest BCUT2D eigenvalue weighted by Gasteiger charge is -2.23. The minimum atomic E-state index is -0.362. The Morgan fingerprint density at radius 3 is 1.38 bits per heavy atom. The summed E-state index contributed by atoms with van der Waals surface area (Å²) < 4.78 is 0. The molecule has 0 aromatic heterocycles. The Balaban J connectivity index is 1.44. The highest BCUT2D eigenvalue weighted by atomic mass is 16.2. The maximum absolute atomic E-state index is 12.1. The van der Waals surface area contributed by atoms with Gasteiger partial charge in [0.2, 0.25) is 0 Å². The smallest absolute Gasteiger partial charge is 0.258 e. The van der Waals surface area contributed by atoms with Crippen molar-refractivity contribution in [3.05, 3.63) is 132 Å². The Kier molecular flexibility index (Phi) is 5.34. The number of carbonyl (C=O) groups excluding carboxylic acids is 4. The fourth-order valence-electron chi connectivity index (χ4n) is 4.99. The van der Waals surface area contributed by atoms with Gasteiger partial charge in [0.1, 0.15) is 0 Å². The quantitative estimate of drug-likeness (QED) is 0.299. The predicted molar refractivity (Wildman–Crippen MR) is 141 cm³/mol. The molecule has 0 atom stereocenters. The Hall–Kier alpha value is -5.10. The molecule has 37 heavy (non-hydrogen) atoms. The van der Waals surface area contributed by atoms with E-state index in [9.17, 15) is 19.2 Å². The molecular formula is C31H20N2O4. The number of imide groups is 2. The number of fused-ring (bicyclic) bond motifs is 1. The van der Waals surface area contributed by atoms with E-state index in [4.69, 9.17) is 0 Å². The molecule has 178 valence electrons. The van der Waals surface area contributed by atoms with Crippen LogP contribution in [0.15, 0.2) is 115 Å². The third kappa shape index (κ3) is 3.85. The number of amides is 4. The zero-order valence-electron chi connectivity index (χ0n) is 19.6. The van der Waals surface area contributed by atoms with Gasteiger partial charge >= 0.3 is 0 Å². The van der Waals surface area contributed by atoms with Gasteiger partial charge in [-0.2, -0.15) is 0 Å². The standard InChI is InChI=1S/C31H20N2O4/c34-27-16-17-28(35)32(27)23-12-8-21(9-13-23)31(26-7-3-5-20-4-1-2-6-25(20)26)22-10-14-24(15-11-22)33-29(36)18-19-30(33)37/h1-19,31H.